The van der Waals surface area contributed by atoms with Crippen molar-refractivity contribution < 1.29 is 32.9 Å². The molecular formula is C16H25FN3O8P. The first-order valence-electron chi connectivity index (χ1n) is 8.91. The maximum Gasteiger partial charge on any atom is 0.330 e. The average Bonchev–Trinajstić information content (AvgIpc) is 2.82. The normalized spacial score (nSPS) is 29.0. The van der Waals surface area contributed by atoms with E-state index < -0.39 is 62.2 Å². The van der Waals surface area contributed by atoms with E-state index in [0.29, 0.717) is 0 Å². The Labute approximate surface area is 166 Å². The van der Waals surface area contributed by atoms with Crippen LogP contribution in [0.3, 0.4) is 0 Å². The molecule has 0 aromatic carbocycles. The van der Waals surface area contributed by atoms with Gasteiger partial charge in [-0.3, -0.25) is 23.7 Å². The number of aromatic nitrogens is 2. The lowest BCUT2D eigenvalue weighted by molar-refractivity contribution is -0.149. The van der Waals surface area contributed by atoms with Crippen LogP contribution in [0, 0.1) is 0 Å². The fraction of sp³-hybridized carbons (Fsp3) is 0.688. The lowest BCUT2D eigenvalue weighted by atomic mass is 9.98. The average molecular weight is 437 g/mol. The number of nitrogens with one attached hydrogen (secondary N) is 2. The molecule has 11 nitrogen and oxygen atoms in total. The van der Waals surface area contributed by atoms with Gasteiger partial charge in [0.1, 0.15) is 18.2 Å². The summed E-state index contributed by atoms with van der Waals surface area (Å²) < 4.78 is 43.3. The number of alkyl halides is 1. The number of aromatic amines is 1. The van der Waals surface area contributed by atoms with Gasteiger partial charge in [-0.25, -0.2) is 14.3 Å². The van der Waals surface area contributed by atoms with Gasteiger partial charge in [-0.05, 0) is 27.7 Å². The molecule has 0 amide bonds. The molecule has 0 bridgehead atoms. The molecule has 1 saturated heterocycles. The molecule has 1 aliphatic rings. The molecule has 29 heavy (non-hydrogen) atoms. The fourth-order valence-electron chi connectivity index (χ4n) is 2.73. The second kappa shape index (κ2) is 9.31. The largest absolute Gasteiger partial charge is 0.462 e. The number of hydrogen-bond acceptors (Lipinski definition) is 8. The molecule has 1 aliphatic heterocycles. The minimum atomic E-state index is -2.94. The van der Waals surface area contributed by atoms with Gasteiger partial charge in [0.05, 0.1) is 12.7 Å². The monoisotopic (exact) mass is 437 g/mol. The summed E-state index contributed by atoms with van der Waals surface area (Å²) >= 11 is 0. The number of aliphatic hydroxyl groups is 1. The van der Waals surface area contributed by atoms with E-state index in [4.69, 9.17) is 14.0 Å². The predicted octanol–water partition coefficient (Wildman–Crippen LogP) is -0.141. The maximum absolute atomic E-state index is 15.0. The Morgan fingerprint density at radius 3 is 2.72 bits per heavy atom. The number of carbonyl (C=O) groups excluding carboxylic acids is 1. The molecule has 0 saturated carbocycles. The zero-order valence-electron chi connectivity index (χ0n) is 16.4. The van der Waals surface area contributed by atoms with Crippen molar-refractivity contribution in [1.82, 2.24) is 14.6 Å². The van der Waals surface area contributed by atoms with Gasteiger partial charge < -0.3 is 19.1 Å². The molecule has 0 radical (unpaired) electrons. The van der Waals surface area contributed by atoms with Crippen molar-refractivity contribution in [3.63, 3.8) is 0 Å². The zero-order valence-corrected chi connectivity index (χ0v) is 17.4. The topological polar surface area (TPSA) is 149 Å². The Morgan fingerprint density at radius 1 is 1.48 bits per heavy atom. The number of H-pyrrole nitrogens is 1. The summed E-state index contributed by atoms with van der Waals surface area (Å²) in [5.74, 6) is -0.618. The van der Waals surface area contributed by atoms with Crippen molar-refractivity contribution >= 4 is 14.1 Å². The van der Waals surface area contributed by atoms with Crippen molar-refractivity contribution in [1.29, 1.82) is 0 Å². The molecule has 0 aliphatic carbocycles. The molecule has 3 N–H and O–H groups in total. The summed E-state index contributed by atoms with van der Waals surface area (Å²) in [6, 6.07) is 0.106. The lowest BCUT2D eigenvalue weighted by Gasteiger charge is -2.24. The van der Waals surface area contributed by atoms with Crippen LogP contribution >= 0.6 is 8.18 Å². The lowest BCUT2D eigenvalue weighted by Crippen LogP contribution is -2.43. The highest BCUT2D eigenvalue weighted by molar-refractivity contribution is 7.36. The van der Waals surface area contributed by atoms with Crippen LogP contribution < -0.4 is 16.3 Å². The van der Waals surface area contributed by atoms with E-state index >= 15 is 4.39 Å². The first kappa shape index (κ1) is 23.4. The molecule has 1 fully saturated rings. The standard InChI is InChI=1S/C16H25FN3O8P/c1-8(2)27-13(23)9(3)19-29(25)26-7-10-12(22)16(4,17)14(28-10)20-6-5-11(21)18-15(20)24/h5-6,8-10,12,14,22,29H,7H2,1-4H3,(H,19,25)(H,18,21,24)/t9?,10-,12-,14-,16-/m1/s1. The van der Waals surface area contributed by atoms with E-state index in [9.17, 15) is 24.1 Å². The van der Waals surface area contributed by atoms with E-state index in [-0.39, 0.29) is 6.10 Å². The molecule has 164 valence electrons. The summed E-state index contributed by atoms with van der Waals surface area (Å²) in [5.41, 5.74) is -3.97. The summed E-state index contributed by atoms with van der Waals surface area (Å²) in [6.07, 6.45) is -3.78. The van der Waals surface area contributed by atoms with Gasteiger partial charge in [-0.15, -0.1) is 0 Å². The SMILES string of the molecule is CC(C)OC(=O)C(C)N[PH](=O)OC[C@H]1O[C@@H](n2ccc(=O)[nH]c2=O)[C@](C)(F)[C@@H]1O. The third-order valence-electron chi connectivity index (χ3n) is 4.24. The molecule has 2 heterocycles. The second-order valence-corrected chi connectivity index (χ2v) is 8.24. The predicted molar refractivity (Wildman–Crippen MR) is 99.5 cm³/mol. The second-order valence-electron chi connectivity index (χ2n) is 7.09. The third kappa shape index (κ3) is 5.61. The summed E-state index contributed by atoms with van der Waals surface area (Å²) in [6.45, 7) is 5.34. The number of aliphatic hydroxyl groups excluding tert-OH is 1. The summed E-state index contributed by atoms with van der Waals surface area (Å²) in [4.78, 5) is 36.8. The smallest absolute Gasteiger partial charge is 0.330 e. The van der Waals surface area contributed by atoms with Crippen molar-refractivity contribution in [3.8, 4) is 0 Å². The highest BCUT2D eigenvalue weighted by Crippen LogP contribution is 2.41. The first-order chi connectivity index (χ1) is 13.4. The van der Waals surface area contributed by atoms with Crippen molar-refractivity contribution in [3.05, 3.63) is 33.1 Å². The first-order valence-corrected chi connectivity index (χ1v) is 10.2. The van der Waals surface area contributed by atoms with Crippen molar-refractivity contribution in [2.45, 2.75) is 63.9 Å². The highest BCUT2D eigenvalue weighted by atomic mass is 31.1. The Morgan fingerprint density at radius 2 is 2.14 bits per heavy atom. The van der Waals surface area contributed by atoms with Gasteiger partial charge in [0.2, 0.25) is 0 Å². The minimum Gasteiger partial charge on any atom is -0.462 e. The molecule has 0 spiro atoms. The number of esters is 1. The van der Waals surface area contributed by atoms with Gasteiger partial charge in [-0.1, -0.05) is 0 Å². The van der Waals surface area contributed by atoms with Crippen LogP contribution in [-0.4, -0.2) is 57.3 Å². The number of hydrogen-bond donors (Lipinski definition) is 3. The number of halogens is 1. The van der Waals surface area contributed by atoms with Gasteiger partial charge in [-0.2, -0.15) is 0 Å². The van der Waals surface area contributed by atoms with Crippen molar-refractivity contribution in [2.24, 2.45) is 0 Å². The molecular weight excluding hydrogens is 412 g/mol. The molecule has 2 unspecified atom stereocenters. The Kier molecular flexibility index (Phi) is 7.52. The van der Waals surface area contributed by atoms with E-state index in [0.717, 1.165) is 23.8 Å². The Bertz CT molecular complexity index is 870. The zero-order chi connectivity index (χ0) is 21.9. The van der Waals surface area contributed by atoms with Crippen LogP contribution in [-0.2, 0) is 23.4 Å². The molecule has 6 atom stereocenters. The van der Waals surface area contributed by atoms with Gasteiger partial charge >= 0.3 is 11.7 Å². The molecule has 2 rings (SSSR count). The Balaban J connectivity index is 2.00. The van der Waals surface area contributed by atoms with Crippen LogP contribution in [0.4, 0.5) is 4.39 Å². The number of rotatable bonds is 8. The van der Waals surface area contributed by atoms with Crippen molar-refractivity contribution in [2.75, 3.05) is 6.61 Å². The van der Waals surface area contributed by atoms with Crippen LogP contribution in [0.2, 0.25) is 0 Å². The quantitative estimate of drug-likeness (QED) is 0.373. The Hall–Kier alpha value is -1.85. The highest BCUT2D eigenvalue weighted by Gasteiger charge is 2.55. The maximum atomic E-state index is 15.0. The van der Waals surface area contributed by atoms with E-state index in [1.54, 1.807) is 13.8 Å². The van der Waals surface area contributed by atoms with Gasteiger partial charge in [0.25, 0.3) is 13.7 Å². The number of ether oxygens (including phenoxy) is 2. The van der Waals surface area contributed by atoms with Crippen LogP contribution in [0.5, 0.6) is 0 Å². The van der Waals surface area contributed by atoms with E-state index in [1.807, 2.05) is 4.98 Å². The number of carbonyl (C=O) groups is 1. The molecule has 13 heteroatoms. The van der Waals surface area contributed by atoms with Crippen LogP contribution in [0.15, 0.2) is 21.9 Å². The molecule has 1 aromatic rings. The minimum absolute atomic E-state index is 0.340. The number of nitrogens with zero attached hydrogens (tertiary/aromatic N) is 1. The third-order valence-corrected chi connectivity index (χ3v) is 5.34. The fourth-order valence-corrected chi connectivity index (χ4v) is 3.60. The molecule has 1 aromatic heterocycles. The summed E-state index contributed by atoms with van der Waals surface area (Å²) in [7, 11) is -2.94. The van der Waals surface area contributed by atoms with Crippen LogP contribution in [0.1, 0.15) is 33.9 Å². The van der Waals surface area contributed by atoms with Gasteiger partial charge in [0.15, 0.2) is 11.9 Å². The van der Waals surface area contributed by atoms with Crippen LogP contribution in [0.25, 0.3) is 0 Å². The van der Waals surface area contributed by atoms with Gasteiger partial charge in [0, 0.05) is 12.3 Å². The summed E-state index contributed by atoms with van der Waals surface area (Å²) in [5, 5.41) is 12.6. The van der Waals surface area contributed by atoms with E-state index in [1.165, 1.54) is 6.92 Å². The van der Waals surface area contributed by atoms with E-state index in [2.05, 4.69) is 5.09 Å².